The van der Waals surface area contributed by atoms with Crippen LogP contribution >= 0.6 is 11.6 Å². The van der Waals surface area contributed by atoms with Gasteiger partial charge >= 0.3 is 0 Å². The molecule has 0 aliphatic carbocycles. The number of benzene rings is 2. The second-order valence-corrected chi connectivity index (χ2v) is 10.8. The van der Waals surface area contributed by atoms with Crippen molar-refractivity contribution in [1.29, 1.82) is 0 Å². The van der Waals surface area contributed by atoms with Crippen LogP contribution in [0.3, 0.4) is 0 Å². The molecule has 1 heterocycles. The Morgan fingerprint density at radius 2 is 1.86 bits per heavy atom. The fourth-order valence-electron chi connectivity index (χ4n) is 4.16. The largest absolute Gasteiger partial charge is 0.489 e. The highest BCUT2D eigenvalue weighted by Crippen LogP contribution is 2.34. The zero-order valence-electron chi connectivity index (χ0n) is 21.9. The Morgan fingerprint density at radius 1 is 1.19 bits per heavy atom. The van der Waals surface area contributed by atoms with Crippen LogP contribution in [0.5, 0.6) is 5.75 Å². The van der Waals surface area contributed by atoms with E-state index in [0.717, 1.165) is 22.6 Å². The number of carbonyl (C=O) groups is 1. The third-order valence-electron chi connectivity index (χ3n) is 5.84. The molecule has 0 saturated heterocycles. The molecule has 0 saturated carbocycles. The van der Waals surface area contributed by atoms with Crippen molar-refractivity contribution in [3.63, 3.8) is 0 Å². The van der Waals surface area contributed by atoms with E-state index in [1.165, 1.54) is 0 Å². The lowest BCUT2D eigenvalue weighted by atomic mass is 9.96. The number of anilines is 1. The van der Waals surface area contributed by atoms with Crippen LogP contribution in [0.4, 0.5) is 5.69 Å². The first-order chi connectivity index (χ1) is 16.9. The van der Waals surface area contributed by atoms with Crippen molar-refractivity contribution in [3.05, 3.63) is 64.6 Å². The molecule has 7 nitrogen and oxygen atoms in total. The Hall–Kier alpha value is -3.03. The number of aromatic nitrogens is 2. The van der Waals surface area contributed by atoms with E-state index in [1.54, 1.807) is 12.1 Å². The van der Waals surface area contributed by atoms with Gasteiger partial charge in [0.15, 0.2) is 0 Å². The van der Waals surface area contributed by atoms with E-state index in [-0.39, 0.29) is 46.3 Å². The van der Waals surface area contributed by atoms with Crippen LogP contribution in [-0.4, -0.2) is 39.3 Å². The molecule has 3 rings (SSSR count). The lowest BCUT2D eigenvalue weighted by molar-refractivity contribution is 0.0931. The van der Waals surface area contributed by atoms with Gasteiger partial charge in [-0.1, -0.05) is 56.6 Å². The van der Waals surface area contributed by atoms with Crippen molar-refractivity contribution in [3.8, 4) is 17.0 Å². The number of ether oxygens (including phenoxy) is 1. The molecular formula is C28H37ClN4O3. The van der Waals surface area contributed by atoms with E-state index in [9.17, 15) is 9.90 Å². The van der Waals surface area contributed by atoms with E-state index < -0.39 is 0 Å². The Kier molecular flexibility index (Phi) is 8.69. The minimum Gasteiger partial charge on any atom is -0.489 e. The Bertz CT molecular complexity index is 1200. The summed E-state index contributed by atoms with van der Waals surface area (Å²) >= 11 is 6.34. The summed E-state index contributed by atoms with van der Waals surface area (Å²) in [5, 5.41) is 12.8. The van der Waals surface area contributed by atoms with E-state index >= 15 is 0 Å². The van der Waals surface area contributed by atoms with Crippen molar-refractivity contribution < 1.29 is 14.6 Å². The SMILES string of the molecule is CC(C)Oc1ccc(C(=O)N[C@H](CCO)Cc2ccc(-c3cn(C)c(C(C)(C)C)n3)cc2)c(N)c1Cl. The van der Waals surface area contributed by atoms with Gasteiger partial charge in [-0.2, -0.15) is 0 Å². The normalized spacial score (nSPS) is 12.6. The predicted molar refractivity (Wildman–Crippen MR) is 146 cm³/mol. The van der Waals surface area contributed by atoms with E-state index in [0.29, 0.717) is 18.6 Å². The molecular weight excluding hydrogens is 476 g/mol. The lowest BCUT2D eigenvalue weighted by Crippen LogP contribution is -2.37. The Balaban J connectivity index is 1.73. The second kappa shape index (κ2) is 11.4. The molecule has 0 spiro atoms. The summed E-state index contributed by atoms with van der Waals surface area (Å²) in [4.78, 5) is 17.8. The van der Waals surface area contributed by atoms with Crippen molar-refractivity contribution in [2.24, 2.45) is 7.05 Å². The molecule has 3 aromatic rings. The maximum Gasteiger partial charge on any atom is 0.253 e. The Morgan fingerprint density at radius 3 is 2.42 bits per heavy atom. The summed E-state index contributed by atoms with van der Waals surface area (Å²) < 4.78 is 7.71. The highest BCUT2D eigenvalue weighted by atomic mass is 35.5. The van der Waals surface area contributed by atoms with Gasteiger partial charge in [0.1, 0.15) is 16.6 Å². The molecule has 1 amide bonds. The molecule has 0 radical (unpaired) electrons. The third kappa shape index (κ3) is 6.59. The molecule has 0 unspecified atom stereocenters. The number of aliphatic hydroxyl groups is 1. The number of carbonyl (C=O) groups excluding carboxylic acids is 1. The molecule has 8 heteroatoms. The van der Waals surface area contributed by atoms with Gasteiger partial charge in [-0.3, -0.25) is 4.79 Å². The topological polar surface area (TPSA) is 102 Å². The highest BCUT2D eigenvalue weighted by molar-refractivity contribution is 6.35. The number of nitrogens with zero attached hydrogens (tertiary/aromatic N) is 2. The number of nitrogens with one attached hydrogen (secondary N) is 1. The zero-order valence-corrected chi connectivity index (χ0v) is 22.7. The molecule has 1 atom stereocenters. The first-order valence-corrected chi connectivity index (χ1v) is 12.6. The number of imidazole rings is 1. The van der Waals surface area contributed by atoms with Crippen LogP contribution in [0.25, 0.3) is 11.3 Å². The van der Waals surface area contributed by atoms with Crippen LogP contribution in [0, 0.1) is 0 Å². The van der Waals surface area contributed by atoms with Gasteiger partial charge in [-0.05, 0) is 44.4 Å². The average Bonchev–Trinajstić information content (AvgIpc) is 3.19. The second-order valence-electron chi connectivity index (χ2n) is 10.4. The van der Waals surface area contributed by atoms with Crippen molar-refractivity contribution in [1.82, 2.24) is 14.9 Å². The predicted octanol–water partition coefficient (Wildman–Crippen LogP) is 5.13. The minimum atomic E-state index is -0.344. The number of hydrogen-bond donors (Lipinski definition) is 3. The first kappa shape index (κ1) is 27.6. The van der Waals surface area contributed by atoms with Crippen LogP contribution in [-0.2, 0) is 18.9 Å². The number of rotatable bonds is 9. The standard InChI is InChI=1S/C28H37ClN4O3/c1-17(2)36-23-12-11-21(25(30)24(23)29)26(35)31-20(13-14-34)15-18-7-9-19(10-8-18)22-16-33(6)27(32-22)28(3,4)5/h7-12,16-17,20,34H,13-15,30H2,1-6H3,(H,31,35)/t20-/m1/s1. The molecule has 0 fully saturated rings. The summed E-state index contributed by atoms with van der Waals surface area (Å²) in [6, 6.07) is 11.1. The number of halogens is 1. The van der Waals surface area contributed by atoms with Gasteiger partial charge < -0.3 is 25.5 Å². The molecule has 1 aromatic heterocycles. The van der Waals surface area contributed by atoms with Crippen molar-refractivity contribution in [2.45, 2.75) is 65.0 Å². The summed E-state index contributed by atoms with van der Waals surface area (Å²) in [5.41, 5.74) is 9.54. The quantitative estimate of drug-likeness (QED) is 0.345. The van der Waals surface area contributed by atoms with Gasteiger partial charge in [-0.15, -0.1) is 0 Å². The Labute approximate surface area is 218 Å². The molecule has 0 aliphatic heterocycles. The number of aliphatic hydroxyl groups excluding tert-OH is 1. The number of amides is 1. The average molecular weight is 513 g/mol. The first-order valence-electron chi connectivity index (χ1n) is 12.2. The number of hydrogen-bond acceptors (Lipinski definition) is 5. The molecule has 194 valence electrons. The summed E-state index contributed by atoms with van der Waals surface area (Å²) in [7, 11) is 2.01. The lowest BCUT2D eigenvalue weighted by Gasteiger charge is -2.20. The number of aryl methyl sites for hydroxylation is 1. The van der Waals surface area contributed by atoms with Gasteiger partial charge in [0.05, 0.1) is 23.0 Å². The highest BCUT2D eigenvalue weighted by Gasteiger charge is 2.22. The molecule has 2 aromatic carbocycles. The molecule has 4 N–H and O–H groups in total. The van der Waals surface area contributed by atoms with Gasteiger partial charge in [0.25, 0.3) is 5.91 Å². The van der Waals surface area contributed by atoms with Gasteiger partial charge in [0, 0.05) is 36.9 Å². The van der Waals surface area contributed by atoms with Crippen LogP contribution < -0.4 is 15.8 Å². The fourth-order valence-corrected chi connectivity index (χ4v) is 4.37. The summed E-state index contributed by atoms with van der Waals surface area (Å²) in [5.74, 6) is 1.12. The summed E-state index contributed by atoms with van der Waals surface area (Å²) in [6.07, 6.45) is 2.94. The smallest absolute Gasteiger partial charge is 0.253 e. The zero-order chi connectivity index (χ0) is 26.6. The monoisotopic (exact) mass is 512 g/mol. The maximum atomic E-state index is 13.0. The minimum absolute atomic E-state index is 0.0436. The molecule has 0 bridgehead atoms. The molecule has 0 aliphatic rings. The number of nitrogen functional groups attached to an aromatic ring is 1. The van der Waals surface area contributed by atoms with Gasteiger partial charge in [0.2, 0.25) is 0 Å². The summed E-state index contributed by atoms with van der Waals surface area (Å²) in [6.45, 7) is 10.2. The van der Waals surface area contributed by atoms with E-state index in [1.807, 2.05) is 51.4 Å². The van der Waals surface area contributed by atoms with Gasteiger partial charge in [-0.25, -0.2) is 4.98 Å². The van der Waals surface area contributed by atoms with Crippen molar-refractivity contribution in [2.75, 3.05) is 12.3 Å². The van der Waals surface area contributed by atoms with E-state index in [4.69, 9.17) is 27.1 Å². The van der Waals surface area contributed by atoms with Crippen LogP contribution in [0.2, 0.25) is 5.02 Å². The third-order valence-corrected chi connectivity index (χ3v) is 6.23. The van der Waals surface area contributed by atoms with Crippen molar-refractivity contribution >= 4 is 23.2 Å². The van der Waals surface area contributed by atoms with Crippen LogP contribution in [0.15, 0.2) is 42.6 Å². The number of nitrogens with two attached hydrogens (primary N) is 1. The fraction of sp³-hybridized carbons (Fsp3) is 0.429. The van der Waals surface area contributed by atoms with E-state index in [2.05, 4.69) is 30.7 Å². The maximum absolute atomic E-state index is 13.0. The van der Waals surface area contributed by atoms with Crippen LogP contribution in [0.1, 0.15) is 62.8 Å². The molecule has 36 heavy (non-hydrogen) atoms.